The van der Waals surface area contributed by atoms with Gasteiger partial charge >= 0.3 is 0 Å². The van der Waals surface area contributed by atoms with Gasteiger partial charge in [0.25, 0.3) is 0 Å². The monoisotopic (exact) mass is 445 g/mol. The number of hydrogen-bond acceptors (Lipinski definition) is 3. The van der Waals surface area contributed by atoms with Crippen LogP contribution < -0.4 is 5.14 Å². The second-order valence-corrected chi connectivity index (χ2v) is 8.49. The molecule has 9 heteroatoms. The average Bonchev–Trinajstić information content (AvgIpc) is 3.13. The van der Waals surface area contributed by atoms with E-state index in [0.29, 0.717) is 16.4 Å². The van der Waals surface area contributed by atoms with Crippen LogP contribution >= 0.6 is 11.6 Å². The SMILES string of the molecule is NS(=O)(=O)c1ccc(-n2nc(-c3ccc(F)cc3F)cc2-c2ccc(Cl)cc2)cc1. The number of aromatic nitrogens is 2. The molecule has 0 amide bonds. The summed E-state index contributed by atoms with van der Waals surface area (Å²) in [6.45, 7) is 0. The Hall–Kier alpha value is -3.07. The maximum atomic E-state index is 14.3. The third kappa shape index (κ3) is 3.97. The molecule has 0 saturated heterocycles. The standard InChI is InChI=1S/C21H14ClF2N3O2S/c22-14-3-1-13(2-4-14)21-12-20(18-10-5-15(23)11-19(18)24)26-27(21)16-6-8-17(9-7-16)30(25,28)29/h1-12H,(H2,25,28,29). The highest BCUT2D eigenvalue weighted by molar-refractivity contribution is 7.89. The fourth-order valence-electron chi connectivity index (χ4n) is 3.01. The largest absolute Gasteiger partial charge is 0.238 e. The molecule has 0 bridgehead atoms. The highest BCUT2D eigenvalue weighted by Crippen LogP contribution is 2.31. The van der Waals surface area contributed by atoms with Gasteiger partial charge in [-0.2, -0.15) is 5.10 Å². The fraction of sp³-hybridized carbons (Fsp3) is 0. The van der Waals surface area contributed by atoms with Gasteiger partial charge in [0.2, 0.25) is 10.0 Å². The first kappa shape index (κ1) is 20.2. The van der Waals surface area contributed by atoms with Gasteiger partial charge in [0.1, 0.15) is 11.6 Å². The maximum absolute atomic E-state index is 14.3. The van der Waals surface area contributed by atoms with Gasteiger partial charge in [0.15, 0.2) is 0 Å². The number of primary sulfonamides is 1. The third-order valence-corrected chi connectivity index (χ3v) is 5.65. The highest BCUT2D eigenvalue weighted by Gasteiger charge is 2.17. The van der Waals surface area contributed by atoms with Crippen molar-refractivity contribution >= 4 is 21.6 Å². The summed E-state index contributed by atoms with van der Waals surface area (Å²) in [5.74, 6) is -1.43. The molecular formula is C21H14ClF2N3O2S. The summed E-state index contributed by atoms with van der Waals surface area (Å²) in [5.41, 5.74) is 2.30. The van der Waals surface area contributed by atoms with Crippen LogP contribution in [0, 0.1) is 11.6 Å². The number of nitrogens with two attached hydrogens (primary N) is 1. The van der Waals surface area contributed by atoms with Crippen LogP contribution in [0.1, 0.15) is 0 Å². The molecule has 0 fully saturated rings. The van der Waals surface area contributed by atoms with E-state index in [0.717, 1.165) is 17.7 Å². The van der Waals surface area contributed by atoms with Gasteiger partial charge < -0.3 is 0 Å². The van der Waals surface area contributed by atoms with E-state index in [-0.39, 0.29) is 16.2 Å². The molecule has 1 heterocycles. The molecule has 3 aromatic carbocycles. The van der Waals surface area contributed by atoms with Crippen molar-refractivity contribution in [3.63, 3.8) is 0 Å². The summed E-state index contributed by atoms with van der Waals surface area (Å²) in [5, 5.41) is 10.2. The number of sulfonamides is 1. The molecule has 0 aliphatic heterocycles. The molecule has 2 N–H and O–H groups in total. The van der Waals surface area contributed by atoms with E-state index >= 15 is 0 Å². The second-order valence-electron chi connectivity index (χ2n) is 6.50. The summed E-state index contributed by atoms with van der Waals surface area (Å²) in [6.07, 6.45) is 0. The van der Waals surface area contributed by atoms with Crippen LogP contribution in [-0.2, 0) is 10.0 Å². The molecule has 152 valence electrons. The Kier molecular flexibility index (Phi) is 5.15. The first-order valence-electron chi connectivity index (χ1n) is 8.67. The Morgan fingerprint density at radius 1 is 0.900 bits per heavy atom. The van der Waals surface area contributed by atoms with Gasteiger partial charge in [-0.3, -0.25) is 0 Å². The zero-order valence-electron chi connectivity index (χ0n) is 15.3. The van der Waals surface area contributed by atoms with Gasteiger partial charge in [0, 0.05) is 22.2 Å². The molecule has 0 radical (unpaired) electrons. The van der Waals surface area contributed by atoms with Crippen LogP contribution in [0.4, 0.5) is 8.78 Å². The molecule has 30 heavy (non-hydrogen) atoms. The van der Waals surface area contributed by atoms with E-state index in [1.165, 1.54) is 35.0 Å². The van der Waals surface area contributed by atoms with E-state index in [4.69, 9.17) is 16.7 Å². The lowest BCUT2D eigenvalue weighted by Crippen LogP contribution is -2.12. The Bertz CT molecular complexity index is 1340. The minimum absolute atomic E-state index is 0.0451. The van der Waals surface area contributed by atoms with E-state index in [1.807, 2.05) is 0 Å². The topological polar surface area (TPSA) is 78.0 Å². The van der Waals surface area contributed by atoms with Crippen LogP contribution in [0.5, 0.6) is 0 Å². The summed E-state index contributed by atoms with van der Waals surface area (Å²) >= 11 is 5.98. The van der Waals surface area contributed by atoms with E-state index in [2.05, 4.69) is 5.10 Å². The minimum Gasteiger partial charge on any atom is -0.232 e. The first-order valence-corrected chi connectivity index (χ1v) is 10.6. The van der Waals surface area contributed by atoms with E-state index in [1.54, 1.807) is 30.3 Å². The van der Waals surface area contributed by atoms with Crippen LogP contribution in [0.25, 0.3) is 28.2 Å². The Balaban J connectivity index is 1.89. The number of nitrogens with zero attached hydrogens (tertiary/aromatic N) is 2. The average molecular weight is 446 g/mol. The van der Waals surface area contributed by atoms with Crippen molar-refractivity contribution in [3.05, 3.63) is 89.5 Å². The number of hydrogen-bond donors (Lipinski definition) is 1. The zero-order chi connectivity index (χ0) is 21.5. The quantitative estimate of drug-likeness (QED) is 0.490. The minimum atomic E-state index is -3.85. The van der Waals surface area contributed by atoms with Crippen LogP contribution in [0.3, 0.4) is 0 Å². The number of rotatable bonds is 4. The Labute approximate surface area is 176 Å². The second kappa shape index (κ2) is 7.64. The summed E-state index contributed by atoms with van der Waals surface area (Å²) in [6, 6.07) is 17.7. The summed E-state index contributed by atoms with van der Waals surface area (Å²) in [7, 11) is -3.85. The smallest absolute Gasteiger partial charge is 0.232 e. The zero-order valence-corrected chi connectivity index (χ0v) is 16.8. The van der Waals surface area contributed by atoms with Crippen molar-refractivity contribution < 1.29 is 17.2 Å². The predicted octanol–water partition coefficient (Wildman–Crippen LogP) is 4.79. The van der Waals surface area contributed by atoms with Crippen molar-refractivity contribution in [2.24, 2.45) is 5.14 Å². The lowest BCUT2D eigenvalue weighted by Gasteiger charge is -2.08. The lowest BCUT2D eigenvalue weighted by molar-refractivity contribution is 0.585. The van der Waals surface area contributed by atoms with Gasteiger partial charge in [-0.05, 0) is 54.6 Å². The number of benzene rings is 3. The molecule has 0 saturated carbocycles. The van der Waals surface area contributed by atoms with Crippen molar-refractivity contribution in [2.45, 2.75) is 4.90 Å². The highest BCUT2D eigenvalue weighted by atomic mass is 35.5. The maximum Gasteiger partial charge on any atom is 0.238 e. The Morgan fingerprint density at radius 3 is 2.17 bits per heavy atom. The van der Waals surface area contributed by atoms with Crippen molar-refractivity contribution in [3.8, 4) is 28.2 Å². The molecule has 0 atom stereocenters. The third-order valence-electron chi connectivity index (χ3n) is 4.47. The summed E-state index contributed by atoms with van der Waals surface area (Å²) < 4.78 is 52.2. The van der Waals surface area contributed by atoms with Crippen LogP contribution in [-0.4, -0.2) is 18.2 Å². The van der Waals surface area contributed by atoms with Gasteiger partial charge in [-0.25, -0.2) is 27.0 Å². The molecule has 5 nitrogen and oxygen atoms in total. The van der Waals surface area contributed by atoms with Crippen LogP contribution in [0.15, 0.2) is 77.7 Å². The molecule has 0 aliphatic rings. The molecule has 0 aliphatic carbocycles. The molecule has 4 rings (SSSR count). The summed E-state index contributed by atoms with van der Waals surface area (Å²) in [4.78, 5) is -0.0451. The Morgan fingerprint density at radius 2 is 1.57 bits per heavy atom. The van der Waals surface area contributed by atoms with Gasteiger partial charge in [0.05, 0.1) is 22.0 Å². The molecule has 0 unspecified atom stereocenters. The predicted molar refractivity (Wildman–Crippen MR) is 111 cm³/mol. The normalized spacial score (nSPS) is 11.6. The molecule has 0 spiro atoms. The molecule has 1 aromatic heterocycles. The van der Waals surface area contributed by atoms with Gasteiger partial charge in [-0.15, -0.1) is 0 Å². The van der Waals surface area contributed by atoms with Gasteiger partial charge in [-0.1, -0.05) is 23.7 Å². The lowest BCUT2D eigenvalue weighted by atomic mass is 10.1. The fourth-order valence-corrected chi connectivity index (χ4v) is 3.65. The van der Waals surface area contributed by atoms with Crippen molar-refractivity contribution in [2.75, 3.05) is 0 Å². The molecule has 4 aromatic rings. The van der Waals surface area contributed by atoms with E-state index < -0.39 is 21.7 Å². The van der Waals surface area contributed by atoms with Crippen molar-refractivity contribution in [1.29, 1.82) is 0 Å². The molecular weight excluding hydrogens is 432 g/mol. The first-order chi connectivity index (χ1) is 14.2. The van der Waals surface area contributed by atoms with Crippen LogP contribution in [0.2, 0.25) is 5.02 Å². The van der Waals surface area contributed by atoms with Crippen molar-refractivity contribution in [1.82, 2.24) is 9.78 Å². The van der Waals surface area contributed by atoms with E-state index in [9.17, 15) is 17.2 Å². The number of halogens is 3.